The van der Waals surface area contributed by atoms with Crippen molar-refractivity contribution in [3.8, 4) is 6.07 Å². The van der Waals surface area contributed by atoms with Gasteiger partial charge in [-0.25, -0.2) is 0 Å². The minimum Gasteiger partial charge on any atom is -0.472 e. The molecule has 1 heterocycles. The SMILES string of the molecule is CC(C#N)C(=O)c1ccoc1. The number of carbonyl (C=O) groups is 1. The predicted molar refractivity (Wildman–Crippen MR) is 37.8 cm³/mol. The van der Waals surface area contributed by atoms with Crippen LogP contribution < -0.4 is 0 Å². The molecule has 56 valence electrons. The molecule has 0 aliphatic carbocycles. The van der Waals surface area contributed by atoms with Crippen LogP contribution in [0.15, 0.2) is 23.0 Å². The molecule has 11 heavy (non-hydrogen) atoms. The van der Waals surface area contributed by atoms with Crippen LogP contribution in [-0.2, 0) is 0 Å². The van der Waals surface area contributed by atoms with Crippen LogP contribution in [0.3, 0.4) is 0 Å². The van der Waals surface area contributed by atoms with Crippen molar-refractivity contribution in [1.29, 1.82) is 5.26 Å². The average Bonchev–Trinajstić information content (AvgIpc) is 2.53. The minimum atomic E-state index is -0.590. The maximum atomic E-state index is 11.2. The fourth-order valence-corrected chi connectivity index (χ4v) is 0.713. The number of nitriles is 1. The second-order valence-electron chi connectivity index (χ2n) is 2.23. The molecule has 0 aliphatic rings. The van der Waals surface area contributed by atoms with Crippen LogP contribution in [0.4, 0.5) is 0 Å². The minimum absolute atomic E-state index is 0.193. The Balaban J connectivity index is 2.81. The van der Waals surface area contributed by atoms with E-state index in [9.17, 15) is 4.79 Å². The molecule has 1 rings (SSSR count). The molecule has 3 heteroatoms. The third-order valence-electron chi connectivity index (χ3n) is 1.39. The summed E-state index contributed by atoms with van der Waals surface area (Å²) in [5, 5.41) is 8.40. The molecule has 1 aromatic heterocycles. The van der Waals surface area contributed by atoms with Gasteiger partial charge in [0.05, 0.1) is 17.9 Å². The molecular formula is C8H7NO2. The molecule has 3 nitrogen and oxygen atoms in total. The molecule has 0 N–H and O–H groups in total. The maximum absolute atomic E-state index is 11.2. The highest BCUT2D eigenvalue weighted by Crippen LogP contribution is 2.07. The Morgan fingerprint density at radius 2 is 2.55 bits per heavy atom. The molecule has 0 amide bonds. The van der Waals surface area contributed by atoms with E-state index in [1.54, 1.807) is 13.0 Å². The summed E-state index contributed by atoms with van der Waals surface area (Å²) >= 11 is 0. The summed E-state index contributed by atoms with van der Waals surface area (Å²) in [4.78, 5) is 11.2. The standard InChI is InChI=1S/C8H7NO2/c1-6(4-9)8(10)7-2-3-11-5-7/h2-3,5-6H,1H3. The van der Waals surface area contributed by atoms with Crippen molar-refractivity contribution in [3.05, 3.63) is 24.2 Å². The molecule has 0 aromatic carbocycles. The van der Waals surface area contributed by atoms with Crippen LogP contribution in [0.2, 0.25) is 0 Å². The molecule has 0 aliphatic heterocycles. The Bertz CT molecular complexity index is 282. The van der Waals surface area contributed by atoms with Crippen molar-refractivity contribution in [1.82, 2.24) is 0 Å². The molecule has 0 radical (unpaired) electrons. The van der Waals surface area contributed by atoms with Gasteiger partial charge in [0.2, 0.25) is 0 Å². The van der Waals surface area contributed by atoms with Gasteiger partial charge in [0.1, 0.15) is 12.2 Å². The lowest BCUT2D eigenvalue weighted by Crippen LogP contribution is -2.07. The van der Waals surface area contributed by atoms with Crippen LogP contribution in [0, 0.1) is 17.2 Å². The highest BCUT2D eigenvalue weighted by atomic mass is 16.3. The van der Waals surface area contributed by atoms with Gasteiger partial charge in [0, 0.05) is 0 Å². The van der Waals surface area contributed by atoms with E-state index in [2.05, 4.69) is 0 Å². The van der Waals surface area contributed by atoms with E-state index >= 15 is 0 Å². The van der Waals surface area contributed by atoms with Gasteiger partial charge < -0.3 is 4.42 Å². The molecule has 1 atom stereocenters. The van der Waals surface area contributed by atoms with Crippen molar-refractivity contribution in [2.45, 2.75) is 6.92 Å². The quantitative estimate of drug-likeness (QED) is 0.600. The van der Waals surface area contributed by atoms with Gasteiger partial charge in [-0.15, -0.1) is 0 Å². The summed E-state index contributed by atoms with van der Waals surface area (Å²) in [6, 6.07) is 3.41. The number of nitrogens with zero attached hydrogens (tertiary/aromatic N) is 1. The summed E-state index contributed by atoms with van der Waals surface area (Å²) in [6.45, 7) is 1.56. The topological polar surface area (TPSA) is 54.0 Å². The number of Topliss-reactive ketones (excluding diaryl/α,β-unsaturated/α-hetero) is 1. The molecule has 0 spiro atoms. The van der Waals surface area contributed by atoms with E-state index in [1.165, 1.54) is 12.5 Å². The van der Waals surface area contributed by atoms with Gasteiger partial charge in [-0.3, -0.25) is 4.79 Å². The van der Waals surface area contributed by atoms with Crippen LogP contribution in [0.5, 0.6) is 0 Å². The number of hydrogen-bond donors (Lipinski definition) is 0. The summed E-state index contributed by atoms with van der Waals surface area (Å²) in [5.41, 5.74) is 0.457. The van der Waals surface area contributed by atoms with Crippen molar-refractivity contribution in [2.75, 3.05) is 0 Å². The number of carbonyl (C=O) groups excluding carboxylic acids is 1. The van der Waals surface area contributed by atoms with Crippen LogP contribution in [0.1, 0.15) is 17.3 Å². The van der Waals surface area contributed by atoms with Gasteiger partial charge in [0.15, 0.2) is 5.78 Å². The van der Waals surface area contributed by atoms with Crippen LogP contribution >= 0.6 is 0 Å². The fourth-order valence-electron chi connectivity index (χ4n) is 0.713. The molecule has 0 saturated carbocycles. The first-order valence-corrected chi connectivity index (χ1v) is 3.21. The Labute approximate surface area is 64.2 Å². The van der Waals surface area contributed by atoms with Gasteiger partial charge in [0.25, 0.3) is 0 Å². The van der Waals surface area contributed by atoms with Crippen LogP contribution in [0.25, 0.3) is 0 Å². The second kappa shape index (κ2) is 3.02. The first-order valence-electron chi connectivity index (χ1n) is 3.21. The third kappa shape index (κ3) is 1.47. The summed E-state index contributed by atoms with van der Waals surface area (Å²) < 4.78 is 4.70. The largest absolute Gasteiger partial charge is 0.472 e. The van der Waals surface area contributed by atoms with Crippen molar-refractivity contribution >= 4 is 5.78 Å². The average molecular weight is 149 g/mol. The number of ketones is 1. The second-order valence-corrected chi connectivity index (χ2v) is 2.23. The Kier molecular flexibility index (Phi) is 2.07. The number of rotatable bonds is 2. The molecule has 0 fully saturated rings. The monoisotopic (exact) mass is 149 g/mol. The third-order valence-corrected chi connectivity index (χ3v) is 1.39. The van der Waals surface area contributed by atoms with E-state index in [0.29, 0.717) is 5.56 Å². The zero-order valence-corrected chi connectivity index (χ0v) is 6.07. The van der Waals surface area contributed by atoms with E-state index in [4.69, 9.17) is 9.68 Å². The Morgan fingerprint density at radius 3 is 3.00 bits per heavy atom. The van der Waals surface area contributed by atoms with E-state index in [0.717, 1.165) is 0 Å². The maximum Gasteiger partial charge on any atom is 0.182 e. The van der Waals surface area contributed by atoms with E-state index in [-0.39, 0.29) is 5.78 Å². The number of furan rings is 1. The van der Waals surface area contributed by atoms with E-state index < -0.39 is 5.92 Å². The molecule has 0 saturated heterocycles. The zero-order chi connectivity index (χ0) is 8.27. The molecule has 0 bridgehead atoms. The Morgan fingerprint density at radius 1 is 1.82 bits per heavy atom. The lowest BCUT2D eigenvalue weighted by molar-refractivity contribution is 0.0956. The predicted octanol–water partition coefficient (Wildman–Crippen LogP) is 1.62. The van der Waals surface area contributed by atoms with Gasteiger partial charge in [-0.2, -0.15) is 5.26 Å². The van der Waals surface area contributed by atoms with Gasteiger partial charge >= 0.3 is 0 Å². The van der Waals surface area contributed by atoms with Gasteiger partial charge in [-0.1, -0.05) is 0 Å². The van der Waals surface area contributed by atoms with Crippen molar-refractivity contribution < 1.29 is 9.21 Å². The fraction of sp³-hybridized carbons (Fsp3) is 0.250. The summed E-state index contributed by atoms with van der Waals surface area (Å²) in [5.74, 6) is -0.783. The highest BCUT2D eigenvalue weighted by Gasteiger charge is 2.14. The normalized spacial score (nSPS) is 12.0. The van der Waals surface area contributed by atoms with Crippen molar-refractivity contribution in [2.24, 2.45) is 5.92 Å². The van der Waals surface area contributed by atoms with Crippen LogP contribution in [-0.4, -0.2) is 5.78 Å². The lowest BCUT2D eigenvalue weighted by Gasteiger charge is -1.95. The van der Waals surface area contributed by atoms with E-state index in [1.807, 2.05) is 6.07 Å². The Hall–Kier alpha value is -1.56. The summed E-state index contributed by atoms with van der Waals surface area (Å²) in [7, 11) is 0. The first-order chi connectivity index (χ1) is 5.25. The highest BCUT2D eigenvalue weighted by molar-refractivity contribution is 5.98. The zero-order valence-electron chi connectivity index (χ0n) is 6.07. The van der Waals surface area contributed by atoms with Gasteiger partial charge in [-0.05, 0) is 13.0 Å². The number of hydrogen-bond acceptors (Lipinski definition) is 3. The first kappa shape index (κ1) is 7.55. The molecule has 1 aromatic rings. The smallest absolute Gasteiger partial charge is 0.182 e. The molecule has 1 unspecified atom stereocenters. The van der Waals surface area contributed by atoms with Crippen molar-refractivity contribution in [3.63, 3.8) is 0 Å². The molecular weight excluding hydrogens is 142 g/mol. The summed E-state index contributed by atoms with van der Waals surface area (Å²) in [6.07, 6.45) is 2.76. The lowest BCUT2D eigenvalue weighted by atomic mass is 10.0.